The van der Waals surface area contributed by atoms with Crippen molar-refractivity contribution in [3.8, 4) is 31.0 Å². The van der Waals surface area contributed by atoms with Gasteiger partial charge in [0.25, 0.3) is 0 Å². The molecule has 0 saturated heterocycles. The van der Waals surface area contributed by atoms with Gasteiger partial charge in [-0.15, -0.1) is 0 Å². The summed E-state index contributed by atoms with van der Waals surface area (Å²) in [6, 6.07) is 19.6. The van der Waals surface area contributed by atoms with Crippen molar-refractivity contribution in [1.82, 2.24) is 0 Å². The molecule has 0 amide bonds. The molecule has 2 aromatic carbocycles. The summed E-state index contributed by atoms with van der Waals surface area (Å²) >= 11 is 1.86. The largest absolute Gasteiger partial charge is 0.484 e. The molecule has 0 fully saturated rings. The molecule has 2 aromatic heterocycles. The Morgan fingerprint density at radius 2 is 0.949 bits per heavy atom. The van der Waals surface area contributed by atoms with Crippen molar-refractivity contribution in [2.45, 2.75) is 31.6 Å². The lowest BCUT2D eigenvalue weighted by molar-refractivity contribution is -0.254. The molecule has 1 aliphatic carbocycles. The number of ether oxygens (including phenoxy) is 2. The molecule has 2 nitrogen and oxygen atoms in total. The van der Waals surface area contributed by atoms with E-state index in [4.69, 9.17) is 9.47 Å². The maximum Gasteiger partial charge on any atom is 0.380 e. The second-order valence-corrected chi connectivity index (χ2v) is 10.7. The first-order valence-corrected chi connectivity index (χ1v) is 13.7. The Bertz CT molecular complexity index is 1400. The molecular formula is C29H22F6O2S2. The van der Waals surface area contributed by atoms with Crippen molar-refractivity contribution in [2.24, 2.45) is 0 Å². The highest BCUT2D eigenvalue weighted by Crippen LogP contribution is 2.67. The van der Waals surface area contributed by atoms with E-state index in [1.54, 1.807) is 74.5 Å². The quantitative estimate of drug-likeness (QED) is 0.193. The van der Waals surface area contributed by atoms with E-state index >= 15 is 26.3 Å². The van der Waals surface area contributed by atoms with E-state index in [-0.39, 0.29) is 23.3 Å². The molecule has 0 saturated carbocycles. The van der Waals surface area contributed by atoms with E-state index in [2.05, 4.69) is 0 Å². The molecule has 39 heavy (non-hydrogen) atoms. The number of rotatable bonds is 8. The average Bonchev–Trinajstić information content (AvgIpc) is 3.54. The van der Waals surface area contributed by atoms with Gasteiger partial charge in [0.05, 0.1) is 13.2 Å². The number of alkyl halides is 6. The molecule has 0 unspecified atom stereocenters. The van der Waals surface area contributed by atoms with Gasteiger partial charge in [0.2, 0.25) is 0 Å². The van der Waals surface area contributed by atoms with Gasteiger partial charge in [-0.2, -0.15) is 26.3 Å². The van der Waals surface area contributed by atoms with Crippen molar-refractivity contribution < 1.29 is 35.8 Å². The zero-order chi connectivity index (χ0) is 28.0. The average molecular weight is 581 g/mol. The van der Waals surface area contributed by atoms with E-state index < -0.39 is 40.0 Å². The Hall–Kier alpha value is -3.24. The second kappa shape index (κ2) is 10.1. The Labute approximate surface area is 229 Å². The topological polar surface area (TPSA) is 18.5 Å². The predicted molar refractivity (Wildman–Crippen MR) is 144 cm³/mol. The highest BCUT2D eigenvalue weighted by molar-refractivity contribution is 7.18. The van der Waals surface area contributed by atoms with Crippen LogP contribution in [0.15, 0.2) is 72.8 Å². The molecule has 5 rings (SSSR count). The van der Waals surface area contributed by atoms with Crippen molar-refractivity contribution in [3.63, 3.8) is 0 Å². The predicted octanol–water partition coefficient (Wildman–Crippen LogP) is 9.77. The van der Waals surface area contributed by atoms with Crippen LogP contribution >= 0.6 is 22.7 Å². The smallest absolute Gasteiger partial charge is 0.380 e. The minimum absolute atomic E-state index is 0.0174. The molecule has 4 aromatic rings. The van der Waals surface area contributed by atoms with Crippen molar-refractivity contribution in [3.05, 3.63) is 83.9 Å². The van der Waals surface area contributed by atoms with Crippen LogP contribution in [0.5, 0.6) is 10.1 Å². The number of hydrogen-bond acceptors (Lipinski definition) is 4. The van der Waals surface area contributed by atoms with Crippen molar-refractivity contribution in [2.75, 3.05) is 13.2 Å². The standard InChI is InChI=1S/C29H22F6O2S2/c1-3-36-25-19(15-21(38-25)17-11-7-5-8-12-17)23-24(28(32,33)29(34,35)27(23,30)31)20-16-22(39-26(20)37-4-2)18-13-9-6-10-14-18/h5-16H,3-4H2,1-2H3. The van der Waals surface area contributed by atoms with Crippen LogP contribution in [0.1, 0.15) is 25.0 Å². The summed E-state index contributed by atoms with van der Waals surface area (Å²) in [6.45, 7) is 3.22. The SMILES string of the molecule is CCOc1sc(-c2ccccc2)cc1C1=C(c2cc(-c3ccccc3)sc2OCC)C(F)(F)C(F)(F)C1(F)F. The highest BCUT2D eigenvalue weighted by atomic mass is 32.1. The van der Waals surface area contributed by atoms with Crippen LogP contribution in [0.25, 0.3) is 32.0 Å². The molecular weight excluding hydrogens is 558 g/mol. The first-order valence-electron chi connectivity index (χ1n) is 12.1. The van der Waals surface area contributed by atoms with Crippen LogP contribution in [0, 0.1) is 0 Å². The van der Waals surface area contributed by atoms with Crippen molar-refractivity contribution >= 4 is 33.8 Å². The van der Waals surface area contributed by atoms with E-state index in [0.717, 1.165) is 22.7 Å². The normalized spacial score (nSPS) is 17.4. The summed E-state index contributed by atoms with van der Waals surface area (Å²) in [5, 5.41) is -0.290. The fourth-order valence-corrected chi connectivity index (χ4v) is 6.65. The first kappa shape index (κ1) is 27.3. The Kier molecular flexibility index (Phi) is 7.05. The zero-order valence-corrected chi connectivity index (χ0v) is 22.4. The van der Waals surface area contributed by atoms with Gasteiger partial charge in [-0.05, 0) is 37.1 Å². The maximum absolute atomic E-state index is 15.6. The minimum Gasteiger partial charge on any atom is -0.484 e. The van der Waals surface area contributed by atoms with Gasteiger partial charge in [0.1, 0.15) is 0 Å². The van der Waals surface area contributed by atoms with Crippen molar-refractivity contribution in [1.29, 1.82) is 0 Å². The van der Waals surface area contributed by atoms with Gasteiger partial charge >= 0.3 is 17.8 Å². The molecule has 204 valence electrons. The third-order valence-electron chi connectivity index (χ3n) is 6.27. The summed E-state index contributed by atoms with van der Waals surface area (Å²) in [5.41, 5.74) is -2.70. The molecule has 0 radical (unpaired) electrons. The molecule has 0 atom stereocenters. The van der Waals surface area contributed by atoms with Gasteiger partial charge < -0.3 is 9.47 Å². The van der Waals surface area contributed by atoms with Crippen LogP contribution in [-0.4, -0.2) is 31.0 Å². The van der Waals surface area contributed by atoms with Gasteiger partial charge in [0, 0.05) is 32.0 Å². The molecule has 1 aliphatic rings. The third kappa shape index (κ3) is 4.34. The molecule has 0 N–H and O–H groups in total. The number of allylic oxidation sites excluding steroid dienone is 2. The summed E-state index contributed by atoms with van der Waals surface area (Å²) < 4.78 is 104. The van der Waals surface area contributed by atoms with Gasteiger partial charge in [-0.25, -0.2) is 0 Å². The van der Waals surface area contributed by atoms with Crippen LogP contribution in [0.2, 0.25) is 0 Å². The monoisotopic (exact) mass is 580 g/mol. The summed E-state index contributed by atoms with van der Waals surface area (Å²) in [7, 11) is 0. The third-order valence-corrected chi connectivity index (χ3v) is 8.46. The van der Waals surface area contributed by atoms with E-state index in [1.807, 2.05) is 0 Å². The lowest BCUT2D eigenvalue weighted by Gasteiger charge is -2.25. The Balaban J connectivity index is 1.83. The summed E-state index contributed by atoms with van der Waals surface area (Å²) in [4.78, 5) is 0.825. The highest BCUT2D eigenvalue weighted by Gasteiger charge is 2.80. The van der Waals surface area contributed by atoms with E-state index in [1.165, 1.54) is 12.1 Å². The summed E-state index contributed by atoms with van der Waals surface area (Å²) in [5.74, 6) is -16.1. The Morgan fingerprint density at radius 3 is 1.28 bits per heavy atom. The van der Waals surface area contributed by atoms with Crippen LogP contribution < -0.4 is 9.47 Å². The van der Waals surface area contributed by atoms with E-state index in [9.17, 15) is 0 Å². The molecule has 0 bridgehead atoms. The fraction of sp³-hybridized carbons (Fsp3) is 0.241. The Morgan fingerprint density at radius 1 is 0.590 bits per heavy atom. The number of halogens is 6. The van der Waals surface area contributed by atoms with E-state index in [0.29, 0.717) is 20.9 Å². The van der Waals surface area contributed by atoms with Crippen LogP contribution in [0.4, 0.5) is 26.3 Å². The van der Waals surface area contributed by atoms with Gasteiger partial charge in [-0.1, -0.05) is 83.3 Å². The molecule has 0 spiro atoms. The maximum atomic E-state index is 15.6. The van der Waals surface area contributed by atoms with Gasteiger partial charge in [-0.3, -0.25) is 0 Å². The number of hydrogen-bond donors (Lipinski definition) is 0. The lowest BCUT2D eigenvalue weighted by atomic mass is 9.96. The minimum atomic E-state index is -5.69. The second-order valence-electron chi connectivity index (χ2n) is 8.69. The fourth-order valence-electron chi connectivity index (χ4n) is 4.50. The first-order chi connectivity index (χ1) is 18.5. The lowest BCUT2D eigenvalue weighted by Crippen LogP contribution is -2.48. The molecule has 0 aliphatic heterocycles. The van der Waals surface area contributed by atoms with Crippen LogP contribution in [0.3, 0.4) is 0 Å². The number of thiophene rings is 2. The zero-order valence-electron chi connectivity index (χ0n) is 20.7. The number of benzene rings is 2. The molecule has 2 heterocycles. The summed E-state index contributed by atoms with van der Waals surface area (Å²) in [6.07, 6.45) is 0. The molecule has 10 heteroatoms. The van der Waals surface area contributed by atoms with Crippen LogP contribution in [-0.2, 0) is 0 Å². The van der Waals surface area contributed by atoms with Gasteiger partial charge in [0.15, 0.2) is 10.1 Å².